The molecule has 8 heteroatoms. The van der Waals surface area contributed by atoms with E-state index in [2.05, 4.69) is 10.4 Å². The minimum atomic E-state index is -0.541. The Balaban J connectivity index is 1.73. The van der Waals surface area contributed by atoms with Gasteiger partial charge in [0.25, 0.3) is 0 Å². The van der Waals surface area contributed by atoms with E-state index in [-0.39, 0.29) is 0 Å². The molecule has 1 aromatic heterocycles. The Morgan fingerprint density at radius 3 is 2.66 bits per heavy atom. The van der Waals surface area contributed by atoms with Crippen LogP contribution in [0.25, 0.3) is 11.3 Å². The van der Waals surface area contributed by atoms with Crippen molar-refractivity contribution in [1.82, 2.24) is 15.1 Å². The summed E-state index contributed by atoms with van der Waals surface area (Å²) >= 11 is 0. The second kappa shape index (κ2) is 8.14. The fraction of sp³-hybridized carbons (Fsp3) is 0.476. The van der Waals surface area contributed by atoms with Gasteiger partial charge in [0.1, 0.15) is 11.4 Å². The van der Waals surface area contributed by atoms with Crippen molar-refractivity contribution in [2.24, 2.45) is 0 Å². The zero-order valence-electron chi connectivity index (χ0n) is 17.5. The Morgan fingerprint density at radius 1 is 1.24 bits per heavy atom. The Bertz CT molecular complexity index is 927. The lowest BCUT2D eigenvalue weighted by molar-refractivity contribution is 0.0522. The number of alkyl carbamates (subject to hydrolysis) is 1. The van der Waals surface area contributed by atoms with Gasteiger partial charge in [-0.1, -0.05) is 0 Å². The molecular weight excluding hydrogens is 374 g/mol. The summed E-state index contributed by atoms with van der Waals surface area (Å²) in [6.07, 6.45) is 0.735. The number of nitrogens with zero attached hydrogens (tertiary/aromatic N) is 2. The Labute approximate surface area is 170 Å². The minimum Gasteiger partial charge on any atom is -0.497 e. The summed E-state index contributed by atoms with van der Waals surface area (Å²) in [5.41, 5.74) is 3.64. The molecule has 1 aromatic carbocycles. The molecule has 1 N–H and O–H groups in total. The normalized spacial score (nSPS) is 12.2. The number of esters is 1. The molecule has 1 aliphatic carbocycles. The average molecular weight is 401 g/mol. The largest absolute Gasteiger partial charge is 0.497 e. The van der Waals surface area contributed by atoms with Crippen molar-refractivity contribution in [2.75, 3.05) is 20.8 Å². The highest BCUT2D eigenvalue weighted by atomic mass is 16.6. The van der Waals surface area contributed by atoms with E-state index in [9.17, 15) is 9.59 Å². The van der Waals surface area contributed by atoms with Crippen LogP contribution >= 0.6 is 0 Å². The summed E-state index contributed by atoms with van der Waals surface area (Å²) in [6.45, 7) is 6.32. The van der Waals surface area contributed by atoms with Crippen LogP contribution in [0, 0.1) is 0 Å². The fourth-order valence-electron chi connectivity index (χ4n) is 3.37. The van der Waals surface area contributed by atoms with Gasteiger partial charge < -0.3 is 19.5 Å². The number of fused-ring (bicyclic) bond motifs is 3. The molecule has 0 saturated carbocycles. The molecule has 8 nitrogen and oxygen atoms in total. The molecule has 1 heterocycles. The summed E-state index contributed by atoms with van der Waals surface area (Å²) in [5.74, 6) is 0.355. The molecule has 1 aliphatic rings. The molecule has 0 unspecified atom stereocenters. The molecule has 2 aromatic rings. The van der Waals surface area contributed by atoms with E-state index in [4.69, 9.17) is 14.2 Å². The van der Waals surface area contributed by atoms with E-state index < -0.39 is 17.7 Å². The number of hydrogen-bond donors (Lipinski definition) is 1. The van der Waals surface area contributed by atoms with E-state index in [1.165, 1.54) is 7.11 Å². The van der Waals surface area contributed by atoms with Crippen LogP contribution in [0.2, 0.25) is 0 Å². The Hall–Kier alpha value is -3.03. The molecule has 0 spiro atoms. The third-order valence-corrected chi connectivity index (χ3v) is 4.58. The van der Waals surface area contributed by atoms with E-state index >= 15 is 0 Å². The molecular formula is C21H27N3O5. The Morgan fingerprint density at radius 2 is 2.00 bits per heavy atom. The van der Waals surface area contributed by atoms with Crippen molar-refractivity contribution in [1.29, 1.82) is 0 Å². The maximum atomic E-state index is 12.4. The number of benzene rings is 1. The number of nitrogens with one attached hydrogen (secondary N) is 1. The van der Waals surface area contributed by atoms with Gasteiger partial charge in [-0.15, -0.1) is 0 Å². The Kier molecular flexibility index (Phi) is 5.81. The van der Waals surface area contributed by atoms with Gasteiger partial charge in [0.15, 0.2) is 5.69 Å². The summed E-state index contributed by atoms with van der Waals surface area (Å²) in [6, 6.07) is 5.81. The number of carbonyl (C=O) groups is 2. The molecule has 0 saturated heterocycles. The zero-order valence-corrected chi connectivity index (χ0v) is 17.5. The van der Waals surface area contributed by atoms with Gasteiger partial charge in [-0.3, -0.25) is 4.68 Å². The lowest BCUT2D eigenvalue weighted by Crippen LogP contribution is -2.33. The maximum absolute atomic E-state index is 12.4. The first-order valence-corrected chi connectivity index (χ1v) is 9.55. The minimum absolute atomic E-state index is 0.411. The van der Waals surface area contributed by atoms with E-state index in [0.29, 0.717) is 31.6 Å². The molecule has 29 heavy (non-hydrogen) atoms. The molecule has 0 aliphatic heterocycles. The first-order chi connectivity index (χ1) is 13.7. The topological polar surface area (TPSA) is 91.7 Å². The van der Waals surface area contributed by atoms with Crippen molar-refractivity contribution in [2.45, 2.75) is 45.8 Å². The van der Waals surface area contributed by atoms with Crippen LogP contribution in [-0.4, -0.2) is 48.2 Å². The van der Waals surface area contributed by atoms with Crippen molar-refractivity contribution in [3.8, 4) is 17.0 Å². The molecule has 1 amide bonds. The van der Waals surface area contributed by atoms with Crippen LogP contribution in [0.1, 0.15) is 48.8 Å². The van der Waals surface area contributed by atoms with Crippen LogP contribution in [0.15, 0.2) is 18.2 Å². The number of aromatic nitrogens is 2. The van der Waals surface area contributed by atoms with E-state index in [1.54, 1.807) is 11.8 Å². The van der Waals surface area contributed by atoms with Gasteiger partial charge in [0.2, 0.25) is 0 Å². The predicted molar refractivity (Wildman–Crippen MR) is 107 cm³/mol. The summed E-state index contributed by atoms with van der Waals surface area (Å²) in [7, 11) is 2.99. The number of amides is 1. The number of carbonyl (C=O) groups excluding carboxylic acids is 2. The first-order valence-electron chi connectivity index (χ1n) is 9.55. The molecule has 156 valence electrons. The quantitative estimate of drug-likeness (QED) is 0.504. The molecule has 3 rings (SSSR count). The van der Waals surface area contributed by atoms with Crippen molar-refractivity contribution < 1.29 is 23.8 Å². The van der Waals surface area contributed by atoms with Gasteiger partial charge in [0.05, 0.1) is 19.9 Å². The van der Waals surface area contributed by atoms with Gasteiger partial charge in [-0.25, -0.2) is 9.59 Å². The van der Waals surface area contributed by atoms with Gasteiger partial charge >= 0.3 is 12.1 Å². The third kappa shape index (κ3) is 4.52. The molecule has 0 fully saturated rings. The van der Waals surface area contributed by atoms with Gasteiger partial charge in [-0.05, 0) is 51.0 Å². The van der Waals surface area contributed by atoms with Crippen molar-refractivity contribution >= 4 is 12.1 Å². The number of aryl methyl sites for hydroxylation is 1. The van der Waals surface area contributed by atoms with E-state index in [1.807, 2.05) is 39.0 Å². The first kappa shape index (κ1) is 20.7. The number of hydrogen-bond acceptors (Lipinski definition) is 6. The molecule has 0 radical (unpaired) electrons. The summed E-state index contributed by atoms with van der Waals surface area (Å²) in [5, 5.41) is 7.38. The van der Waals surface area contributed by atoms with Crippen molar-refractivity contribution in [3.05, 3.63) is 35.0 Å². The highest BCUT2D eigenvalue weighted by Crippen LogP contribution is 2.39. The lowest BCUT2D eigenvalue weighted by atomic mass is 10.1. The maximum Gasteiger partial charge on any atom is 0.407 e. The smallest absolute Gasteiger partial charge is 0.407 e. The molecule has 0 atom stereocenters. The highest BCUT2D eigenvalue weighted by molar-refractivity contribution is 5.93. The van der Waals surface area contributed by atoms with E-state index in [0.717, 1.165) is 28.1 Å². The summed E-state index contributed by atoms with van der Waals surface area (Å²) in [4.78, 5) is 24.2. The van der Waals surface area contributed by atoms with Crippen LogP contribution < -0.4 is 10.1 Å². The van der Waals surface area contributed by atoms with Gasteiger partial charge in [0, 0.05) is 30.6 Å². The SMILES string of the molecule is COC(=O)c1c2c(nn1CCCNC(=O)OC(C)(C)C)-c1ccc(OC)cc1C2. The van der Waals surface area contributed by atoms with Crippen LogP contribution in [0.5, 0.6) is 5.75 Å². The van der Waals surface area contributed by atoms with Crippen LogP contribution in [0.3, 0.4) is 0 Å². The average Bonchev–Trinajstić information content (AvgIpc) is 3.17. The standard InChI is InChI=1S/C21H27N3O5/c1-21(2,3)29-20(26)22-9-6-10-24-18(19(25)28-5)16-12-13-11-14(27-4)7-8-15(13)17(16)23-24/h7-8,11H,6,9-10,12H2,1-5H3,(H,22,26). The third-order valence-electron chi connectivity index (χ3n) is 4.58. The fourth-order valence-corrected chi connectivity index (χ4v) is 3.37. The number of ether oxygens (including phenoxy) is 3. The van der Waals surface area contributed by atoms with Crippen molar-refractivity contribution in [3.63, 3.8) is 0 Å². The summed E-state index contributed by atoms with van der Waals surface area (Å²) < 4.78 is 17.2. The second-order valence-corrected chi connectivity index (χ2v) is 7.87. The van der Waals surface area contributed by atoms with Gasteiger partial charge in [-0.2, -0.15) is 5.10 Å². The van der Waals surface area contributed by atoms with Crippen LogP contribution in [0.4, 0.5) is 4.79 Å². The highest BCUT2D eigenvalue weighted by Gasteiger charge is 2.31. The number of rotatable bonds is 6. The predicted octanol–water partition coefficient (Wildman–Crippen LogP) is 3.16. The lowest BCUT2D eigenvalue weighted by Gasteiger charge is -2.19. The monoisotopic (exact) mass is 401 g/mol. The number of methoxy groups -OCH3 is 2. The molecule has 0 bridgehead atoms. The van der Waals surface area contributed by atoms with Crippen LogP contribution in [-0.2, 0) is 22.4 Å². The second-order valence-electron chi connectivity index (χ2n) is 7.87. The zero-order chi connectivity index (χ0) is 21.2.